The molecule has 1 saturated heterocycles. The van der Waals surface area contributed by atoms with Crippen LogP contribution in [0.5, 0.6) is 5.75 Å². The van der Waals surface area contributed by atoms with Crippen LogP contribution in [0.25, 0.3) is 11.1 Å². The van der Waals surface area contributed by atoms with Gasteiger partial charge in [-0.1, -0.05) is 60.7 Å². The zero-order valence-electron chi connectivity index (χ0n) is 23.1. The van der Waals surface area contributed by atoms with Crippen molar-refractivity contribution in [1.29, 1.82) is 0 Å². The predicted octanol–water partition coefficient (Wildman–Crippen LogP) is 5.41. The molecule has 39 heavy (non-hydrogen) atoms. The lowest BCUT2D eigenvalue weighted by Gasteiger charge is -2.36. The molecule has 0 spiro atoms. The van der Waals surface area contributed by atoms with E-state index in [1.807, 2.05) is 18.2 Å². The molecule has 1 aliphatic carbocycles. The van der Waals surface area contributed by atoms with Crippen molar-refractivity contribution in [3.05, 3.63) is 89.5 Å². The maximum absolute atomic E-state index is 14.2. The first-order valence-electron chi connectivity index (χ1n) is 14.1. The lowest BCUT2D eigenvalue weighted by molar-refractivity contribution is -0.138. The third-order valence-electron chi connectivity index (χ3n) is 7.81. The molecule has 1 saturated carbocycles. The smallest absolute Gasteiger partial charge is 0.228 e. The summed E-state index contributed by atoms with van der Waals surface area (Å²) in [5.41, 5.74) is 5.78. The van der Waals surface area contributed by atoms with Crippen LogP contribution in [0.3, 0.4) is 0 Å². The highest BCUT2D eigenvalue weighted by atomic mass is 16.5. The summed E-state index contributed by atoms with van der Waals surface area (Å²) in [6.07, 6.45) is 3.09. The van der Waals surface area contributed by atoms with Gasteiger partial charge in [-0.2, -0.15) is 0 Å². The number of carbonyl (C=O) groups is 1. The Labute approximate surface area is 232 Å². The molecule has 3 aromatic carbocycles. The number of benzene rings is 3. The molecule has 6 nitrogen and oxygen atoms in total. The van der Waals surface area contributed by atoms with Crippen LogP contribution in [-0.4, -0.2) is 57.4 Å². The molecule has 1 aliphatic heterocycles. The van der Waals surface area contributed by atoms with E-state index in [1.165, 1.54) is 16.7 Å². The number of methoxy groups -OCH3 is 2. The fourth-order valence-electron chi connectivity index (χ4n) is 5.63. The number of amides is 1. The Morgan fingerprint density at radius 1 is 0.897 bits per heavy atom. The van der Waals surface area contributed by atoms with E-state index in [9.17, 15) is 4.79 Å². The topological polar surface area (TPSA) is 60.0 Å². The van der Waals surface area contributed by atoms with Gasteiger partial charge in [-0.25, -0.2) is 0 Å². The SMILES string of the molecule is COCCOCc1cc(CN(C(=O)[C@H]2CNCC[C@@H]2c2cccc(-c3ccccc3)c2)C2CC2)cc(OC)c1. The van der Waals surface area contributed by atoms with E-state index in [2.05, 4.69) is 64.8 Å². The summed E-state index contributed by atoms with van der Waals surface area (Å²) in [7, 11) is 3.35. The zero-order chi connectivity index (χ0) is 27.0. The van der Waals surface area contributed by atoms with Crippen LogP contribution in [0.4, 0.5) is 0 Å². The van der Waals surface area contributed by atoms with Crippen molar-refractivity contribution in [3.8, 4) is 16.9 Å². The molecule has 5 rings (SSSR count). The Morgan fingerprint density at radius 2 is 1.69 bits per heavy atom. The molecule has 0 unspecified atom stereocenters. The number of rotatable bonds is 12. The summed E-state index contributed by atoms with van der Waals surface area (Å²) in [5, 5.41) is 3.51. The van der Waals surface area contributed by atoms with Gasteiger partial charge in [-0.05, 0) is 71.7 Å². The fourth-order valence-corrected chi connectivity index (χ4v) is 5.63. The minimum absolute atomic E-state index is 0.0900. The van der Waals surface area contributed by atoms with Gasteiger partial charge in [0, 0.05) is 26.2 Å². The van der Waals surface area contributed by atoms with Crippen LogP contribution in [0.15, 0.2) is 72.8 Å². The highest BCUT2D eigenvalue weighted by Crippen LogP contribution is 2.37. The molecular formula is C33H40N2O4. The second-order valence-electron chi connectivity index (χ2n) is 10.6. The van der Waals surface area contributed by atoms with Crippen LogP contribution in [0, 0.1) is 5.92 Å². The summed E-state index contributed by atoms with van der Waals surface area (Å²) in [6, 6.07) is 25.7. The van der Waals surface area contributed by atoms with Crippen molar-refractivity contribution in [3.63, 3.8) is 0 Å². The Hall–Kier alpha value is -3.19. The number of nitrogens with one attached hydrogen (secondary N) is 1. The number of hydrogen-bond donors (Lipinski definition) is 1. The summed E-state index contributed by atoms with van der Waals surface area (Å²) >= 11 is 0. The van der Waals surface area contributed by atoms with Gasteiger partial charge in [0.25, 0.3) is 0 Å². The zero-order valence-corrected chi connectivity index (χ0v) is 23.1. The fraction of sp³-hybridized carbons (Fsp3) is 0.424. The van der Waals surface area contributed by atoms with Crippen LogP contribution in [0.1, 0.15) is 41.9 Å². The average Bonchev–Trinajstić information content (AvgIpc) is 3.84. The molecule has 2 atom stereocenters. The Balaban J connectivity index is 1.35. The number of hydrogen-bond acceptors (Lipinski definition) is 5. The van der Waals surface area contributed by atoms with E-state index in [0.29, 0.717) is 39.0 Å². The number of carbonyl (C=O) groups excluding carboxylic acids is 1. The Bertz CT molecular complexity index is 1230. The molecule has 1 N–H and O–H groups in total. The van der Waals surface area contributed by atoms with Crippen molar-refractivity contribution in [2.75, 3.05) is 40.5 Å². The van der Waals surface area contributed by atoms with Crippen molar-refractivity contribution in [2.24, 2.45) is 5.92 Å². The normalized spacial score (nSPS) is 19.0. The maximum Gasteiger partial charge on any atom is 0.228 e. The standard InChI is InChI=1S/C33H40N2O4/c1-37-15-16-39-23-25-17-24(18-30(19-25)38-2)22-35(29-11-12-29)33(36)32-21-34-14-13-31(32)28-10-6-9-27(20-28)26-7-4-3-5-8-26/h3-10,17-20,29,31-32,34H,11-16,21-23H2,1-2H3/t31-,32+/m1/s1. The van der Waals surface area contributed by atoms with E-state index >= 15 is 0 Å². The van der Waals surface area contributed by atoms with Crippen molar-refractivity contribution in [2.45, 2.75) is 44.4 Å². The van der Waals surface area contributed by atoms with E-state index in [4.69, 9.17) is 14.2 Å². The molecule has 0 aromatic heterocycles. The maximum atomic E-state index is 14.2. The molecule has 0 bridgehead atoms. The van der Waals surface area contributed by atoms with Gasteiger partial charge in [-0.15, -0.1) is 0 Å². The molecule has 206 valence electrons. The second kappa shape index (κ2) is 13.2. The van der Waals surface area contributed by atoms with Crippen molar-refractivity contribution < 1.29 is 19.0 Å². The molecule has 0 radical (unpaired) electrons. The average molecular weight is 529 g/mol. The summed E-state index contributed by atoms with van der Waals surface area (Å²) in [6.45, 7) is 3.80. The van der Waals surface area contributed by atoms with Gasteiger partial charge in [0.2, 0.25) is 5.91 Å². The number of nitrogens with zero attached hydrogens (tertiary/aromatic N) is 1. The highest BCUT2D eigenvalue weighted by molar-refractivity contribution is 5.81. The summed E-state index contributed by atoms with van der Waals surface area (Å²) < 4.78 is 16.4. The molecule has 2 aliphatic rings. The Kier molecular flexibility index (Phi) is 9.30. The minimum atomic E-state index is -0.0900. The molecule has 3 aromatic rings. The predicted molar refractivity (Wildman–Crippen MR) is 154 cm³/mol. The third kappa shape index (κ3) is 7.07. The first-order chi connectivity index (χ1) is 19.2. The monoisotopic (exact) mass is 528 g/mol. The first kappa shape index (κ1) is 27.4. The molecule has 1 amide bonds. The summed E-state index contributed by atoms with van der Waals surface area (Å²) in [4.78, 5) is 16.3. The second-order valence-corrected chi connectivity index (χ2v) is 10.6. The van der Waals surface area contributed by atoms with E-state index in [0.717, 1.165) is 42.7 Å². The molecule has 1 heterocycles. The van der Waals surface area contributed by atoms with E-state index in [-0.39, 0.29) is 17.7 Å². The highest BCUT2D eigenvalue weighted by Gasteiger charge is 2.40. The van der Waals surface area contributed by atoms with Crippen LogP contribution >= 0.6 is 0 Å². The van der Waals surface area contributed by atoms with E-state index in [1.54, 1.807) is 14.2 Å². The lowest BCUT2D eigenvalue weighted by atomic mass is 9.79. The minimum Gasteiger partial charge on any atom is -0.497 e. The van der Waals surface area contributed by atoms with Gasteiger partial charge in [0.1, 0.15) is 5.75 Å². The van der Waals surface area contributed by atoms with Gasteiger partial charge in [0.15, 0.2) is 0 Å². The number of ether oxygens (including phenoxy) is 3. The van der Waals surface area contributed by atoms with Crippen molar-refractivity contribution in [1.82, 2.24) is 10.2 Å². The molecule has 6 heteroatoms. The Morgan fingerprint density at radius 3 is 2.46 bits per heavy atom. The van der Waals surface area contributed by atoms with Gasteiger partial charge < -0.3 is 24.4 Å². The summed E-state index contributed by atoms with van der Waals surface area (Å²) in [5.74, 6) is 1.14. The van der Waals surface area contributed by atoms with Crippen LogP contribution in [0.2, 0.25) is 0 Å². The largest absolute Gasteiger partial charge is 0.497 e. The quantitative estimate of drug-likeness (QED) is 0.319. The van der Waals surface area contributed by atoms with Crippen LogP contribution in [-0.2, 0) is 27.4 Å². The van der Waals surface area contributed by atoms with E-state index < -0.39 is 0 Å². The van der Waals surface area contributed by atoms with Crippen molar-refractivity contribution >= 4 is 5.91 Å². The van der Waals surface area contributed by atoms with Gasteiger partial charge in [0.05, 0.1) is 32.8 Å². The molecule has 2 fully saturated rings. The van der Waals surface area contributed by atoms with Gasteiger partial charge in [-0.3, -0.25) is 4.79 Å². The van der Waals surface area contributed by atoms with Crippen LogP contribution < -0.4 is 10.1 Å². The third-order valence-corrected chi connectivity index (χ3v) is 7.81. The number of piperidine rings is 1. The van der Waals surface area contributed by atoms with Gasteiger partial charge >= 0.3 is 0 Å². The first-order valence-corrected chi connectivity index (χ1v) is 14.1. The lowest BCUT2D eigenvalue weighted by Crippen LogP contribution is -2.47. The molecular weight excluding hydrogens is 488 g/mol.